The van der Waals surface area contributed by atoms with Crippen LogP contribution in [0, 0.1) is 6.92 Å². The summed E-state index contributed by atoms with van der Waals surface area (Å²) in [5.41, 5.74) is 2.82. The number of nitrogens with zero attached hydrogens (tertiary/aromatic N) is 4. The molecule has 1 aromatic carbocycles. The van der Waals surface area contributed by atoms with Gasteiger partial charge >= 0.3 is 0 Å². The Kier molecular flexibility index (Phi) is 7.44. The topological polar surface area (TPSA) is 75.1 Å². The zero-order chi connectivity index (χ0) is 21.8. The molecule has 10 heteroatoms. The number of hydrogen-bond acceptors (Lipinski definition) is 6. The van der Waals surface area contributed by atoms with Gasteiger partial charge < -0.3 is 15.5 Å². The molecule has 3 heterocycles. The summed E-state index contributed by atoms with van der Waals surface area (Å²) in [5, 5.41) is 8.45. The molecule has 1 saturated heterocycles. The summed E-state index contributed by atoms with van der Waals surface area (Å²) >= 11 is 8.36. The maximum Gasteiger partial charge on any atom is 0.241 e. The van der Waals surface area contributed by atoms with Crippen molar-refractivity contribution in [3.63, 3.8) is 0 Å². The lowest BCUT2D eigenvalue weighted by Gasteiger charge is -2.26. The Hall–Kier alpha value is -1.72. The highest BCUT2D eigenvalue weighted by Gasteiger charge is 2.23. The van der Waals surface area contributed by atoms with Crippen LogP contribution >= 0.6 is 41.9 Å². The predicted octanol–water partition coefficient (Wildman–Crippen LogP) is 5.14. The van der Waals surface area contributed by atoms with Crippen molar-refractivity contribution < 1.29 is 4.79 Å². The number of carbonyl (C=O) groups excluding carboxylic acids is 1. The van der Waals surface area contributed by atoms with Crippen LogP contribution in [0.4, 0.5) is 11.5 Å². The zero-order valence-electron chi connectivity index (χ0n) is 17.1. The van der Waals surface area contributed by atoms with Gasteiger partial charge in [-0.3, -0.25) is 8.77 Å². The van der Waals surface area contributed by atoms with Gasteiger partial charge in [0.25, 0.3) is 0 Å². The van der Waals surface area contributed by atoms with Crippen molar-refractivity contribution >= 4 is 70.4 Å². The molecule has 2 aromatic heterocycles. The van der Waals surface area contributed by atoms with Gasteiger partial charge in [0.15, 0.2) is 5.65 Å². The number of aryl methyl sites for hydroxylation is 1. The third kappa shape index (κ3) is 5.56. The predicted molar refractivity (Wildman–Crippen MR) is 137 cm³/mol. The molecule has 0 bridgehead atoms. The van der Waals surface area contributed by atoms with Crippen molar-refractivity contribution in [1.29, 1.82) is 0 Å². The molecule has 164 valence electrons. The molecule has 1 amide bonds. The molecule has 7 nitrogen and oxygen atoms in total. The molecule has 3 aromatic rings. The Morgan fingerprint density at radius 3 is 3.00 bits per heavy atom. The summed E-state index contributed by atoms with van der Waals surface area (Å²) in [6.45, 7) is 3.66. The first-order valence-electron chi connectivity index (χ1n) is 10.2. The van der Waals surface area contributed by atoms with E-state index in [0.29, 0.717) is 11.6 Å². The highest BCUT2D eigenvalue weighted by atomic mass is 127. The average Bonchev–Trinajstić information content (AvgIpc) is 3.03. The van der Waals surface area contributed by atoms with Crippen molar-refractivity contribution in [2.24, 2.45) is 0 Å². The minimum Gasteiger partial charge on any atom is -0.376 e. The van der Waals surface area contributed by atoms with Crippen molar-refractivity contribution in [2.45, 2.75) is 32.2 Å². The van der Waals surface area contributed by atoms with Gasteiger partial charge in [-0.1, -0.05) is 11.6 Å². The number of rotatable bonds is 6. The Labute approximate surface area is 203 Å². The summed E-state index contributed by atoms with van der Waals surface area (Å²) in [4.78, 5) is 23.7. The SMILES string of the molecule is Cc1cc(Cl)cc(NCC(=O)N2CCCCC(Nc3ncnc4c3ccn4SI)C2)c1. The number of aromatic nitrogens is 3. The molecule has 31 heavy (non-hydrogen) atoms. The van der Waals surface area contributed by atoms with Gasteiger partial charge in [-0.15, -0.1) is 0 Å². The minimum atomic E-state index is 0.0895. The molecule has 0 radical (unpaired) electrons. The highest BCUT2D eigenvalue weighted by molar-refractivity contribution is 14.2. The van der Waals surface area contributed by atoms with E-state index in [1.54, 1.807) is 15.4 Å². The number of benzene rings is 1. The summed E-state index contributed by atoms with van der Waals surface area (Å²) < 4.78 is 2.01. The zero-order valence-corrected chi connectivity index (χ0v) is 20.9. The van der Waals surface area contributed by atoms with E-state index >= 15 is 0 Å². The molecular weight excluding hydrogens is 547 g/mol. The van der Waals surface area contributed by atoms with Crippen LogP contribution in [0.15, 0.2) is 36.8 Å². The van der Waals surface area contributed by atoms with Crippen LogP contribution in [0.25, 0.3) is 11.0 Å². The summed E-state index contributed by atoms with van der Waals surface area (Å²) in [6.07, 6.45) is 6.65. The van der Waals surface area contributed by atoms with Crippen LogP contribution in [0.5, 0.6) is 0 Å². The van der Waals surface area contributed by atoms with Gasteiger partial charge in [0.1, 0.15) is 12.1 Å². The average molecular weight is 571 g/mol. The number of halogens is 2. The second-order valence-electron chi connectivity index (χ2n) is 7.72. The van der Waals surface area contributed by atoms with Crippen LogP contribution in [-0.4, -0.2) is 50.4 Å². The normalized spacial score (nSPS) is 16.9. The Morgan fingerprint density at radius 2 is 2.19 bits per heavy atom. The molecule has 2 N–H and O–H groups in total. The first-order chi connectivity index (χ1) is 15.0. The quantitative estimate of drug-likeness (QED) is 0.400. The molecule has 1 atom stereocenters. The smallest absolute Gasteiger partial charge is 0.241 e. The lowest BCUT2D eigenvalue weighted by atomic mass is 10.1. The third-order valence-corrected chi connectivity index (χ3v) is 7.31. The lowest BCUT2D eigenvalue weighted by molar-refractivity contribution is -0.129. The van der Waals surface area contributed by atoms with E-state index in [1.807, 2.05) is 46.3 Å². The van der Waals surface area contributed by atoms with E-state index in [2.05, 4.69) is 41.8 Å². The van der Waals surface area contributed by atoms with Crippen molar-refractivity contribution in [3.8, 4) is 0 Å². The number of likely N-dealkylation sites (tertiary alicyclic amines) is 1. The molecule has 0 spiro atoms. The molecular formula is C21H24ClIN6OS. The fraction of sp³-hybridized carbons (Fsp3) is 0.381. The van der Waals surface area contributed by atoms with E-state index in [4.69, 9.17) is 11.6 Å². The van der Waals surface area contributed by atoms with Crippen LogP contribution < -0.4 is 10.6 Å². The maximum absolute atomic E-state index is 12.9. The minimum absolute atomic E-state index is 0.0895. The van der Waals surface area contributed by atoms with Crippen LogP contribution in [0.2, 0.25) is 5.02 Å². The monoisotopic (exact) mass is 570 g/mol. The molecule has 1 aliphatic rings. The van der Waals surface area contributed by atoms with Crippen LogP contribution in [0.1, 0.15) is 24.8 Å². The number of anilines is 2. The molecule has 1 unspecified atom stereocenters. The van der Waals surface area contributed by atoms with Crippen molar-refractivity contribution in [1.82, 2.24) is 18.8 Å². The van der Waals surface area contributed by atoms with Gasteiger partial charge in [-0.25, -0.2) is 9.97 Å². The first-order valence-corrected chi connectivity index (χ1v) is 13.9. The molecule has 1 aliphatic heterocycles. The van der Waals surface area contributed by atoms with Gasteiger partial charge in [-0.2, -0.15) is 0 Å². The Bertz CT molecular complexity index is 1060. The fourth-order valence-corrected chi connectivity index (χ4v) is 5.47. The highest BCUT2D eigenvalue weighted by Crippen LogP contribution is 2.27. The van der Waals surface area contributed by atoms with E-state index in [9.17, 15) is 4.79 Å². The number of nitrogens with one attached hydrogen (secondary N) is 2. The largest absolute Gasteiger partial charge is 0.376 e. The molecule has 4 rings (SSSR count). The van der Waals surface area contributed by atoms with Gasteiger partial charge in [0, 0.05) is 66.4 Å². The number of fused-ring (bicyclic) bond motifs is 1. The van der Waals surface area contributed by atoms with Crippen molar-refractivity contribution in [3.05, 3.63) is 47.4 Å². The standard InChI is InChI=1S/C21H24ClIN6OS/c1-14-8-15(22)10-17(9-14)24-11-19(30)28-6-3-2-4-16(12-28)27-20-18-5-7-29(31-23)21(18)26-13-25-20/h5,7-10,13,16,24H,2-4,6,11-12H2,1H3,(H,25,26,27). The molecule has 0 aliphatic carbocycles. The van der Waals surface area contributed by atoms with E-state index < -0.39 is 0 Å². The first kappa shape index (κ1) is 22.5. The third-order valence-electron chi connectivity index (χ3n) is 5.37. The van der Waals surface area contributed by atoms with E-state index in [-0.39, 0.29) is 18.5 Å². The van der Waals surface area contributed by atoms with E-state index in [1.165, 1.54) is 0 Å². The molecule has 1 fully saturated rings. The Balaban J connectivity index is 1.42. The van der Waals surface area contributed by atoms with Crippen LogP contribution in [-0.2, 0) is 4.79 Å². The second-order valence-corrected chi connectivity index (χ2v) is 9.87. The van der Waals surface area contributed by atoms with E-state index in [0.717, 1.165) is 53.9 Å². The van der Waals surface area contributed by atoms with Crippen molar-refractivity contribution in [2.75, 3.05) is 30.3 Å². The summed E-state index contributed by atoms with van der Waals surface area (Å²) in [6, 6.07) is 7.91. The Morgan fingerprint density at radius 1 is 1.32 bits per heavy atom. The van der Waals surface area contributed by atoms with Crippen LogP contribution in [0.3, 0.4) is 0 Å². The lowest BCUT2D eigenvalue weighted by Crippen LogP contribution is -2.42. The number of carbonyl (C=O) groups is 1. The van der Waals surface area contributed by atoms with Gasteiger partial charge in [-0.05, 0) is 56.0 Å². The molecule has 0 saturated carbocycles. The van der Waals surface area contributed by atoms with Gasteiger partial charge in [0.05, 0.1) is 11.9 Å². The summed E-state index contributed by atoms with van der Waals surface area (Å²) in [5.74, 6) is 0.910. The number of hydrogen-bond donors (Lipinski definition) is 2. The maximum atomic E-state index is 12.9. The number of amides is 1. The summed E-state index contributed by atoms with van der Waals surface area (Å²) in [7, 11) is 1.57. The second kappa shape index (κ2) is 10.3. The van der Waals surface area contributed by atoms with Gasteiger partial charge in [0.2, 0.25) is 5.91 Å². The fourth-order valence-electron chi connectivity index (χ4n) is 3.91.